The van der Waals surface area contributed by atoms with Crippen LogP contribution in [-0.2, 0) is 4.74 Å². The normalized spacial score (nSPS) is 15.7. The van der Waals surface area contributed by atoms with Gasteiger partial charge in [-0.2, -0.15) is 0 Å². The maximum atomic E-state index is 12.9. The summed E-state index contributed by atoms with van der Waals surface area (Å²) >= 11 is 0. The molecule has 0 atom stereocenters. The second-order valence-electron chi connectivity index (χ2n) is 8.96. The van der Waals surface area contributed by atoms with Crippen LogP contribution in [0.15, 0.2) is 72.8 Å². The molecule has 2 amide bonds. The molecule has 1 heterocycles. The van der Waals surface area contributed by atoms with Crippen LogP contribution in [0.4, 0.5) is 5.69 Å². The Hall–Kier alpha value is -4.06. The highest BCUT2D eigenvalue weighted by molar-refractivity contribution is 6.35. The lowest BCUT2D eigenvalue weighted by Gasteiger charge is -2.22. The zero-order chi connectivity index (χ0) is 24.4. The number of Topliss-reactive ketones (excluding diaryl/α,β-unsaturated/α-hetero) is 1. The second kappa shape index (κ2) is 9.66. The van der Waals surface area contributed by atoms with E-state index in [9.17, 15) is 19.2 Å². The maximum Gasteiger partial charge on any atom is 0.340 e. The zero-order valence-corrected chi connectivity index (χ0v) is 19.2. The van der Waals surface area contributed by atoms with Crippen LogP contribution in [0.3, 0.4) is 0 Å². The SMILES string of the molecule is O=C(COC(=O)c1ccccc1N1C(=O)c2ccccc2C1=O)c1ccc(C2CCCCC2)cc1. The fourth-order valence-corrected chi connectivity index (χ4v) is 4.92. The Morgan fingerprint density at radius 3 is 2.03 bits per heavy atom. The van der Waals surface area contributed by atoms with E-state index in [1.54, 1.807) is 48.5 Å². The van der Waals surface area contributed by atoms with Crippen molar-refractivity contribution in [1.82, 2.24) is 0 Å². The number of carbonyl (C=O) groups excluding carboxylic acids is 4. The predicted octanol–water partition coefficient (Wildman–Crippen LogP) is 5.57. The van der Waals surface area contributed by atoms with Gasteiger partial charge in [0.05, 0.1) is 22.4 Å². The maximum absolute atomic E-state index is 12.9. The highest BCUT2D eigenvalue weighted by atomic mass is 16.5. The van der Waals surface area contributed by atoms with Crippen molar-refractivity contribution in [2.24, 2.45) is 0 Å². The molecular formula is C29H25NO5. The van der Waals surface area contributed by atoms with Crippen LogP contribution in [0, 0.1) is 0 Å². The number of esters is 1. The smallest absolute Gasteiger partial charge is 0.340 e. The molecule has 1 saturated carbocycles. The number of para-hydroxylation sites is 1. The van der Waals surface area contributed by atoms with Gasteiger partial charge in [0.15, 0.2) is 12.4 Å². The summed E-state index contributed by atoms with van der Waals surface area (Å²) in [5, 5.41) is 0. The van der Waals surface area contributed by atoms with Crippen molar-refractivity contribution < 1.29 is 23.9 Å². The molecule has 0 saturated heterocycles. The number of amides is 2. The number of imide groups is 1. The molecule has 5 rings (SSSR count). The minimum atomic E-state index is -0.774. The first kappa shape index (κ1) is 22.7. The Morgan fingerprint density at radius 1 is 0.771 bits per heavy atom. The van der Waals surface area contributed by atoms with Crippen LogP contribution in [-0.4, -0.2) is 30.2 Å². The molecule has 0 N–H and O–H groups in total. The van der Waals surface area contributed by atoms with Gasteiger partial charge in [-0.05, 0) is 48.6 Å². The number of hydrogen-bond acceptors (Lipinski definition) is 5. The van der Waals surface area contributed by atoms with E-state index in [0.29, 0.717) is 11.5 Å². The topological polar surface area (TPSA) is 80.8 Å². The van der Waals surface area contributed by atoms with Crippen molar-refractivity contribution >= 4 is 29.3 Å². The molecule has 3 aromatic carbocycles. The molecule has 1 fully saturated rings. The Labute approximate surface area is 203 Å². The summed E-state index contributed by atoms with van der Waals surface area (Å²) in [5.74, 6) is -1.54. The fourth-order valence-electron chi connectivity index (χ4n) is 4.92. The Morgan fingerprint density at radius 2 is 1.37 bits per heavy atom. The third-order valence-corrected chi connectivity index (χ3v) is 6.80. The monoisotopic (exact) mass is 467 g/mol. The molecule has 3 aromatic rings. The van der Waals surface area contributed by atoms with Gasteiger partial charge in [-0.1, -0.05) is 67.8 Å². The number of ether oxygens (including phenoxy) is 1. The first-order valence-electron chi connectivity index (χ1n) is 11.9. The molecule has 2 aliphatic rings. The van der Waals surface area contributed by atoms with Crippen LogP contribution >= 0.6 is 0 Å². The average Bonchev–Trinajstić information content (AvgIpc) is 3.17. The molecule has 1 aliphatic carbocycles. The molecule has 0 unspecified atom stereocenters. The van der Waals surface area contributed by atoms with Crippen molar-refractivity contribution in [1.29, 1.82) is 0 Å². The van der Waals surface area contributed by atoms with Crippen molar-refractivity contribution in [3.05, 3.63) is 101 Å². The van der Waals surface area contributed by atoms with E-state index >= 15 is 0 Å². The van der Waals surface area contributed by atoms with E-state index in [0.717, 1.165) is 4.90 Å². The third-order valence-electron chi connectivity index (χ3n) is 6.80. The van der Waals surface area contributed by atoms with Gasteiger partial charge in [0.25, 0.3) is 11.8 Å². The van der Waals surface area contributed by atoms with Crippen LogP contribution < -0.4 is 4.90 Å². The van der Waals surface area contributed by atoms with Crippen molar-refractivity contribution in [2.75, 3.05) is 11.5 Å². The number of benzene rings is 3. The van der Waals surface area contributed by atoms with E-state index in [4.69, 9.17) is 4.74 Å². The molecule has 176 valence electrons. The lowest BCUT2D eigenvalue weighted by Crippen LogP contribution is -2.31. The minimum Gasteiger partial charge on any atom is -0.454 e. The summed E-state index contributed by atoms with van der Waals surface area (Å²) < 4.78 is 5.30. The molecule has 1 aliphatic heterocycles. The largest absolute Gasteiger partial charge is 0.454 e. The molecule has 6 nitrogen and oxygen atoms in total. The van der Waals surface area contributed by atoms with Crippen LogP contribution in [0.25, 0.3) is 0 Å². The highest BCUT2D eigenvalue weighted by Gasteiger charge is 2.38. The Bertz CT molecular complexity index is 1270. The number of rotatable bonds is 6. The molecule has 0 bridgehead atoms. The van der Waals surface area contributed by atoms with E-state index in [-0.39, 0.29) is 28.2 Å². The standard InChI is InChI=1S/C29H25NO5/c31-26(21-16-14-20(15-17-21)19-8-2-1-3-9-19)18-35-29(34)24-12-6-7-13-25(24)30-27(32)22-10-4-5-11-23(22)28(30)33/h4-7,10-17,19H,1-3,8-9,18H2. The molecule has 0 spiro atoms. The van der Waals surface area contributed by atoms with Gasteiger partial charge in [0.1, 0.15) is 0 Å². The number of fused-ring (bicyclic) bond motifs is 1. The lowest BCUT2D eigenvalue weighted by atomic mass is 9.84. The summed E-state index contributed by atoms with van der Waals surface area (Å²) in [5.41, 5.74) is 2.47. The minimum absolute atomic E-state index is 0.0439. The lowest BCUT2D eigenvalue weighted by molar-refractivity contribution is 0.0475. The Balaban J connectivity index is 1.28. The van der Waals surface area contributed by atoms with Gasteiger partial charge >= 0.3 is 5.97 Å². The number of hydrogen-bond donors (Lipinski definition) is 0. The van der Waals surface area contributed by atoms with Crippen LogP contribution in [0.5, 0.6) is 0 Å². The highest BCUT2D eigenvalue weighted by Crippen LogP contribution is 2.33. The van der Waals surface area contributed by atoms with Gasteiger partial charge in [0, 0.05) is 5.56 Å². The van der Waals surface area contributed by atoms with Crippen LogP contribution in [0.2, 0.25) is 0 Å². The second-order valence-corrected chi connectivity index (χ2v) is 8.96. The van der Waals surface area contributed by atoms with E-state index in [1.165, 1.54) is 49.8 Å². The number of anilines is 1. The quantitative estimate of drug-likeness (QED) is 0.269. The Kier molecular flexibility index (Phi) is 6.27. The molecule has 6 heteroatoms. The summed E-state index contributed by atoms with van der Waals surface area (Å²) in [6, 6.07) is 20.3. The molecule has 0 aromatic heterocycles. The fraction of sp³-hybridized carbons (Fsp3) is 0.241. The van der Waals surface area contributed by atoms with Crippen LogP contribution in [0.1, 0.15) is 85.0 Å². The summed E-state index contributed by atoms with van der Waals surface area (Å²) in [7, 11) is 0. The van der Waals surface area contributed by atoms with Gasteiger partial charge in [-0.15, -0.1) is 0 Å². The first-order chi connectivity index (χ1) is 17.0. The van der Waals surface area contributed by atoms with Gasteiger partial charge < -0.3 is 4.74 Å². The summed E-state index contributed by atoms with van der Waals surface area (Å²) in [4.78, 5) is 52.3. The summed E-state index contributed by atoms with van der Waals surface area (Å²) in [6.07, 6.45) is 6.12. The molecule has 35 heavy (non-hydrogen) atoms. The van der Waals surface area contributed by atoms with Gasteiger partial charge in [0.2, 0.25) is 0 Å². The van der Waals surface area contributed by atoms with E-state index < -0.39 is 24.4 Å². The first-order valence-corrected chi connectivity index (χ1v) is 11.9. The molecular weight excluding hydrogens is 442 g/mol. The van der Waals surface area contributed by atoms with E-state index in [2.05, 4.69) is 0 Å². The van der Waals surface area contributed by atoms with E-state index in [1.807, 2.05) is 12.1 Å². The number of ketones is 1. The van der Waals surface area contributed by atoms with Crippen molar-refractivity contribution in [2.45, 2.75) is 38.0 Å². The zero-order valence-electron chi connectivity index (χ0n) is 19.2. The van der Waals surface area contributed by atoms with Gasteiger partial charge in [-0.3, -0.25) is 14.4 Å². The van der Waals surface area contributed by atoms with Crippen molar-refractivity contribution in [3.8, 4) is 0 Å². The summed E-state index contributed by atoms with van der Waals surface area (Å²) in [6.45, 7) is -0.432. The number of nitrogens with zero attached hydrogens (tertiary/aromatic N) is 1. The number of carbonyl (C=O) groups is 4. The molecule has 0 radical (unpaired) electrons. The van der Waals surface area contributed by atoms with Crippen molar-refractivity contribution in [3.63, 3.8) is 0 Å². The average molecular weight is 468 g/mol. The van der Waals surface area contributed by atoms with Gasteiger partial charge in [-0.25, -0.2) is 9.69 Å². The third kappa shape index (κ3) is 4.39. The predicted molar refractivity (Wildman–Crippen MR) is 131 cm³/mol.